The molecule has 1 saturated heterocycles. The molecule has 1 amide bonds. The molecule has 32 heavy (non-hydrogen) atoms. The highest BCUT2D eigenvalue weighted by atomic mass is 35.5. The molecule has 6 nitrogen and oxygen atoms in total. The first-order valence-electron chi connectivity index (χ1n) is 10.4. The van der Waals surface area contributed by atoms with Crippen molar-refractivity contribution in [2.24, 2.45) is 0 Å². The smallest absolute Gasteiger partial charge is 0.266 e. The molecule has 0 radical (unpaired) electrons. The minimum absolute atomic E-state index is 0. The van der Waals surface area contributed by atoms with E-state index in [-0.39, 0.29) is 24.9 Å². The lowest BCUT2D eigenvalue weighted by molar-refractivity contribution is -0.120. The van der Waals surface area contributed by atoms with Crippen molar-refractivity contribution in [2.45, 2.75) is 13.8 Å². The van der Waals surface area contributed by atoms with Gasteiger partial charge in [-0.15, -0.1) is 12.4 Å². The molecule has 1 aromatic heterocycles. The first-order chi connectivity index (χ1) is 15.0. The van der Waals surface area contributed by atoms with Gasteiger partial charge in [0.05, 0.1) is 28.5 Å². The second-order valence-electron chi connectivity index (χ2n) is 7.64. The summed E-state index contributed by atoms with van der Waals surface area (Å²) in [5, 5.41) is 1.30. The summed E-state index contributed by atoms with van der Waals surface area (Å²) in [5.74, 6) is 0.553. The van der Waals surface area contributed by atoms with E-state index >= 15 is 0 Å². The maximum absolute atomic E-state index is 13.2. The molecule has 1 aliphatic rings. The number of aromatic nitrogens is 1. The van der Waals surface area contributed by atoms with Crippen LogP contribution in [0.2, 0.25) is 5.02 Å². The Morgan fingerprint density at radius 3 is 2.59 bits per heavy atom. The van der Waals surface area contributed by atoms with E-state index in [1.54, 1.807) is 4.90 Å². The lowest BCUT2D eigenvalue weighted by atomic mass is 10.2. The van der Waals surface area contributed by atoms with Gasteiger partial charge < -0.3 is 9.47 Å². The van der Waals surface area contributed by atoms with Crippen LogP contribution in [-0.4, -0.2) is 61.8 Å². The van der Waals surface area contributed by atoms with Gasteiger partial charge in [-0.25, -0.2) is 4.98 Å². The molecular formula is C23H27Cl2N3O3S. The van der Waals surface area contributed by atoms with Gasteiger partial charge in [0.2, 0.25) is 0 Å². The molecule has 0 unspecified atom stereocenters. The molecule has 0 bridgehead atoms. The van der Waals surface area contributed by atoms with Crippen LogP contribution in [0.25, 0.3) is 10.2 Å². The molecule has 2 aromatic carbocycles. The zero-order chi connectivity index (χ0) is 21.8. The van der Waals surface area contributed by atoms with Crippen molar-refractivity contribution < 1.29 is 14.3 Å². The third-order valence-electron chi connectivity index (χ3n) is 5.34. The van der Waals surface area contributed by atoms with Gasteiger partial charge in [-0.1, -0.05) is 46.7 Å². The van der Waals surface area contributed by atoms with Crippen molar-refractivity contribution in [3.63, 3.8) is 0 Å². The first kappa shape index (κ1) is 24.7. The van der Waals surface area contributed by atoms with Crippen LogP contribution >= 0.6 is 35.3 Å². The lowest BCUT2D eigenvalue weighted by Gasteiger charge is -2.29. The number of halogens is 2. The fraction of sp³-hybridized carbons (Fsp3) is 0.391. The van der Waals surface area contributed by atoms with Crippen molar-refractivity contribution in [3.8, 4) is 5.75 Å². The number of morpholine rings is 1. The predicted molar refractivity (Wildman–Crippen MR) is 133 cm³/mol. The molecule has 1 fully saturated rings. The van der Waals surface area contributed by atoms with Gasteiger partial charge in [-0.3, -0.25) is 14.6 Å². The van der Waals surface area contributed by atoms with Gasteiger partial charge >= 0.3 is 0 Å². The van der Waals surface area contributed by atoms with E-state index in [1.807, 2.05) is 50.2 Å². The Balaban J connectivity index is 0.00000289. The Hall–Kier alpha value is -1.90. The number of rotatable bonds is 7. The van der Waals surface area contributed by atoms with Crippen LogP contribution in [-0.2, 0) is 9.53 Å². The summed E-state index contributed by atoms with van der Waals surface area (Å²) in [6.07, 6.45) is 0. The van der Waals surface area contributed by atoms with Gasteiger partial charge in [-0.2, -0.15) is 0 Å². The van der Waals surface area contributed by atoms with Gasteiger partial charge in [0.15, 0.2) is 11.7 Å². The first-order valence-corrected chi connectivity index (χ1v) is 11.6. The molecule has 172 valence electrons. The summed E-state index contributed by atoms with van der Waals surface area (Å²) < 4.78 is 12.1. The van der Waals surface area contributed by atoms with Crippen molar-refractivity contribution in [3.05, 3.63) is 52.5 Å². The Kier molecular flexibility index (Phi) is 8.73. The zero-order valence-electron chi connectivity index (χ0n) is 18.2. The lowest BCUT2D eigenvalue weighted by Crippen LogP contribution is -2.44. The maximum Gasteiger partial charge on any atom is 0.266 e. The molecule has 0 spiro atoms. The largest absolute Gasteiger partial charge is 0.484 e. The number of nitrogens with zero attached hydrogens (tertiary/aromatic N) is 3. The van der Waals surface area contributed by atoms with E-state index in [0.29, 0.717) is 22.4 Å². The summed E-state index contributed by atoms with van der Waals surface area (Å²) in [4.78, 5) is 22.0. The Morgan fingerprint density at radius 1 is 1.19 bits per heavy atom. The normalized spacial score (nSPS) is 14.2. The van der Waals surface area contributed by atoms with E-state index < -0.39 is 0 Å². The van der Waals surface area contributed by atoms with Crippen LogP contribution in [0, 0.1) is 13.8 Å². The predicted octanol–water partition coefficient (Wildman–Crippen LogP) is 4.73. The fourth-order valence-corrected chi connectivity index (χ4v) is 4.82. The number of carbonyl (C=O) groups excluding carboxylic acids is 1. The van der Waals surface area contributed by atoms with E-state index in [9.17, 15) is 4.79 Å². The minimum atomic E-state index is -0.123. The highest BCUT2D eigenvalue weighted by Crippen LogP contribution is 2.35. The molecule has 9 heteroatoms. The van der Waals surface area contributed by atoms with Crippen LogP contribution in [0.5, 0.6) is 5.75 Å². The van der Waals surface area contributed by atoms with Crippen molar-refractivity contribution >= 4 is 56.6 Å². The molecular weight excluding hydrogens is 469 g/mol. The van der Waals surface area contributed by atoms with Crippen LogP contribution in [0.15, 0.2) is 36.4 Å². The van der Waals surface area contributed by atoms with E-state index in [4.69, 9.17) is 26.1 Å². The SMILES string of the molecule is Cc1ccc(OCC(=O)N(CCN2CCOCC2)c2nc3c(C)ccc(Cl)c3s2)cc1.Cl. The molecule has 0 saturated carbocycles. The van der Waals surface area contributed by atoms with Crippen molar-refractivity contribution in [2.75, 3.05) is 50.9 Å². The number of thiazole rings is 1. The van der Waals surface area contributed by atoms with Crippen molar-refractivity contribution in [1.29, 1.82) is 0 Å². The number of amides is 1. The van der Waals surface area contributed by atoms with Crippen molar-refractivity contribution in [1.82, 2.24) is 9.88 Å². The van der Waals surface area contributed by atoms with Crippen LogP contribution in [0.3, 0.4) is 0 Å². The van der Waals surface area contributed by atoms with E-state index in [1.165, 1.54) is 11.3 Å². The molecule has 3 aromatic rings. The molecule has 0 aliphatic carbocycles. The number of anilines is 1. The van der Waals surface area contributed by atoms with E-state index in [2.05, 4.69) is 4.90 Å². The highest BCUT2D eigenvalue weighted by Gasteiger charge is 2.23. The van der Waals surface area contributed by atoms with Crippen LogP contribution in [0.1, 0.15) is 11.1 Å². The topological polar surface area (TPSA) is 54.9 Å². The van der Waals surface area contributed by atoms with Gasteiger partial charge in [0.1, 0.15) is 5.75 Å². The number of hydrogen-bond acceptors (Lipinski definition) is 6. The zero-order valence-corrected chi connectivity index (χ0v) is 20.6. The highest BCUT2D eigenvalue weighted by molar-refractivity contribution is 7.23. The van der Waals surface area contributed by atoms with Gasteiger partial charge in [0.25, 0.3) is 5.91 Å². The number of fused-ring (bicyclic) bond motifs is 1. The summed E-state index contributed by atoms with van der Waals surface area (Å²) >= 11 is 7.85. The summed E-state index contributed by atoms with van der Waals surface area (Å²) in [5.41, 5.74) is 3.03. The number of benzene rings is 2. The Labute approximate surface area is 203 Å². The number of aryl methyl sites for hydroxylation is 2. The summed E-state index contributed by atoms with van der Waals surface area (Å²) in [7, 11) is 0. The Morgan fingerprint density at radius 2 is 1.91 bits per heavy atom. The molecule has 0 N–H and O–H groups in total. The van der Waals surface area contributed by atoms with Gasteiger partial charge in [-0.05, 0) is 37.6 Å². The fourth-order valence-electron chi connectivity index (χ4n) is 3.46. The second-order valence-corrected chi connectivity index (χ2v) is 9.02. The average Bonchev–Trinajstić information content (AvgIpc) is 3.23. The molecule has 1 aliphatic heterocycles. The minimum Gasteiger partial charge on any atom is -0.484 e. The average molecular weight is 496 g/mol. The van der Waals surface area contributed by atoms with E-state index in [0.717, 1.165) is 54.2 Å². The molecule has 4 rings (SSSR count). The van der Waals surface area contributed by atoms with Gasteiger partial charge in [0, 0.05) is 26.2 Å². The molecule has 2 heterocycles. The number of ether oxygens (including phenoxy) is 2. The third kappa shape index (κ3) is 5.91. The monoisotopic (exact) mass is 495 g/mol. The van der Waals surface area contributed by atoms with Crippen LogP contribution in [0.4, 0.5) is 5.13 Å². The second kappa shape index (κ2) is 11.3. The number of carbonyl (C=O) groups is 1. The number of hydrogen-bond donors (Lipinski definition) is 0. The summed E-state index contributed by atoms with van der Waals surface area (Å²) in [6.45, 7) is 8.44. The molecule has 0 atom stereocenters. The third-order valence-corrected chi connectivity index (χ3v) is 6.88. The standard InChI is InChI=1S/C23H26ClN3O3S.ClH/c1-16-3-6-18(7-4-16)30-15-20(28)27(10-9-26-11-13-29-14-12-26)23-25-21-17(2)5-8-19(24)22(21)31-23;/h3-8H,9-15H2,1-2H3;1H. The quantitative estimate of drug-likeness (QED) is 0.474. The summed E-state index contributed by atoms with van der Waals surface area (Å²) in [6, 6.07) is 11.5. The van der Waals surface area contributed by atoms with Crippen LogP contribution < -0.4 is 9.64 Å². The Bertz CT molecular complexity index is 1010. The maximum atomic E-state index is 13.2.